The van der Waals surface area contributed by atoms with Crippen molar-refractivity contribution in [2.75, 3.05) is 12.4 Å². The Labute approximate surface area is 161 Å². The van der Waals surface area contributed by atoms with Gasteiger partial charge in [-0.2, -0.15) is 5.26 Å². The minimum Gasteiger partial charge on any atom is -0.466 e. The van der Waals surface area contributed by atoms with Gasteiger partial charge in [-0.15, -0.1) is 11.8 Å². The Kier molecular flexibility index (Phi) is 5.75. The van der Waals surface area contributed by atoms with Crippen LogP contribution in [0.5, 0.6) is 0 Å². The third-order valence-electron chi connectivity index (χ3n) is 4.82. The number of nitriles is 1. The number of thioether (sulfide) groups is 1. The van der Waals surface area contributed by atoms with Gasteiger partial charge in [-0.25, -0.2) is 4.79 Å². The zero-order valence-corrected chi connectivity index (χ0v) is 15.8. The first kappa shape index (κ1) is 19.3. The minimum atomic E-state index is -0.859. The van der Waals surface area contributed by atoms with Crippen molar-refractivity contribution in [1.82, 2.24) is 10.2 Å². The van der Waals surface area contributed by atoms with Crippen LogP contribution in [0.1, 0.15) is 43.7 Å². The van der Waals surface area contributed by atoms with Crippen molar-refractivity contribution in [1.29, 1.82) is 5.26 Å². The summed E-state index contributed by atoms with van der Waals surface area (Å²) in [7, 11) is 0. The smallest absolute Gasteiger partial charge is 0.330 e. The van der Waals surface area contributed by atoms with E-state index in [9.17, 15) is 19.6 Å². The zero-order chi connectivity index (χ0) is 19.4. The molecule has 0 bridgehead atoms. The van der Waals surface area contributed by atoms with Gasteiger partial charge in [0.05, 0.1) is 12.3 Å². The van der Waals surface area contributed by atoms with E-state index in [0.717, 1.165) is 12.8 Å². The first-order chi connectivity index (χ1) is 13.0. The SMILES string of the molecule is CC(=O)N1[C@H](C(=O)OCC(=O)NC2(C#N)CCCC2)CS[C@H]1c1ccco1. The number of esters is 1. The molecule has 1 aliphatic carbocycles. The van der Waals surface area contributed by atoms with Gasteiger partial charge in [-0.3, -0.25) is 9.59 Å². The maximum Gasteiger partial charge on any atom is 0.330 e. The van der Waals surface area contributed by atoms with Crippen LogP contribution in [0.4, 0.5) is 0 Å². The molecule has 1 N–H and O–H groups in total. The lowest BCUT2D eigenvalue weighted by Crippen LogP contribution is -2.48. The standard InChI is InChI=1S/C18H21N3O5S/c1-12(22)21-13(10-27-16(21)14-5-4-8-25-14)17(24)26-9-15(23)20-18(11-19)6-2-3-7-18/h4-5,8,13,16H,2-3,6-7,9-10H2,1H3,(H,20,23)/t13-,16-/m0/s1. The summed E-state index contributed by atoms with van der Waals surface area (Å²) in [5.74, 6) is -0.482. The Balaban J connectivity index is 1.58. The molecule has 1 aromatic rings. The molecule has 1 aromatic heterocycles. The Morgan fingerprint density at radius 3 is 2.78 bits per heavy atom. The molecule has 27 heavy (non-hydrogen) atoms. The minimum absolute atomic E-state index is 0.276. The van der Waals surface area contributed by atoms with Gasteiger partial charge in [0.15, 0.2) is 6.61 Å². The van der Waals surface area contributed by atoms with E-state index in [1.807, 2.05) is 0 Å². The summed E-state index contributed by atoms with van der Waals surface area (Å²) in [5, 5.41) is 11.6. The molecule has 9 heteroatoms. The highest BCUT2D eigenvalue weighted by Crippen LogP contribution is 2.41. The molecular formula is C18H21N3O5S. The highest BCUT2D eigenvalue weighted by Gasteiger charge is 2.43. The summed E-state index contributed by atoms with van der Waals surface area (Å²) in [6.45, 7) is 0.909. The normalized spacial score (nSPS) is 23.6. The summed E-state index contributed by atoms with van der Waals surface area (Å²) < 4.78 is 10.5. The molecule has 2 aliphatic rings. The number of carbonyl (C=O) groups is 3. The first-order valence-electron chi connectivity index (χ1n) is 8.78. The highest BCUT2D eigenvalue weighted by molar-refractivity contribution is 7.99. The van der Waals surface area contributed by atoms with Crippen molar-refractivity contribution < 1.29 is 23.5 Å². The number of hydrogen-bond donors (Lipinski definition) is 1. The van der Waals surface area contributed by atoms with Gasteiger partial charge >= 0.3 is 5.97 Å². The fraction of sp³-hybridized carbons (Fsp3) is 0.556. The maximum absolute atomic E-state index is 12.5. The molecule has 1 saturated carbocycles. The predicted octanol–water partition coefficient (Wildman–Crippen LogP) is 1.74. The monoisotopic (exact) mass is 391 g/mol. The quantitative estimate of drug-likeness (QED) is 0.761. The third-order valence-corrected chi connectivity index (χ3v) is 6.10. The number of carbonyl (C=O) groups excluding carboxylic acids is 3. The molecule has 144 valence electrons. The van der Waals surface area contributed by atoms with Gasteiger partial charge in [0, 0.05) is 12.7 Å². The first-order valence-corrected chi connectivity index (χ1v) is 9.83. The van der Waals surface area contributed by atoms with Crippen LogP contribution in [-0.2, 0) is 19.1 Å². The van der Waals surface area contributed by atoms with Crippen LogP contribution in [-0.4, -0.2) is 46.6 Å². The molecule has 2 fully saturated rings. The van der Waals surface area contributed by atoms with E-state index < -0.39 is 35.4 Å². The second-order valence-corrected chi connectivity index (χ2v) is 7.81. The fourth-order valence-corrected chi connectivity index (χ4v) is 4.92. The molecular weight excluding hydrogens is 370 g/mol. The van der Waals surface area contributed by atoms with E-state index in [-0.39, 0.29) is 5.91 Å². The molecule has 2 atom stereocenters. The summed E-state index contributed by atoms with van der Waals surface area (Å²) in [4.78, 5) is 38.0. The lowest BCUT2D eigenvalue weighted by atomic mass is 10.00. The topological polar surface area (TPSA) is 113 Å². The van der Waals surface area contributed by atoms with Crippen LogP contribution >= 0.6 is 11.8 Å². The Morgan fingerprint density at radius 1 is 1.44 bits per heavy atom. The molecule has 0 unspecified atom stereocenters. The summed E-state index contributed by atoms with van der Waals surface area (Å²) >= 11 is 1.40. The van der Waals surface area contributed by atoms with E-state index in [1.165, 1.54) is 29.8 Å². The molecule has 1 saturated heterocycles. The molecule has 2 amide bonds. The van der Waals surface area contributed by atoms with Gasteiger partial charge in [0.25, 0.3) is 5.91 Å². The van der Waals surface area contributed by atoms with E-state index in [1.54, 1.807) is 12.1 Å². The Morgan fingerprint density at radius 2 is 2.19 bits per heavy atom. The van der Waals surface area contributed by atoms with Crippen LogP contribution in [0.25, 0.3) is 0 Å². The van der Waals surface area contributed by atoms with E-state index >= 15 is 0 Å². The molecule has 1 aliphatic heterocycles. The van der Waals surface area contributed by atoms with Crippen molar-refractivity contribution in [2.45, 2.75) is 49.6 Å². The fourth-order valence-electron chi connectivity index (χ4n) is 3.50. The van der Waals surface area contributed by atoms with Gasteiger partial charge < -0.3 is 19.4 Å². The number of furan rings is 1. The van der Waals surface area contributed by atoms with Gasteiger partial charge in [-0.05, 0) is 37.8 Å². The van der Waals surface area contributed by atoms with E-state index in [4.69, 9.17) is 9.15 Å². The summed E-state index contributed by atoms with van der Waals surface area (Å²) in [6.07, 6.45) is 4.48. The second-order valence-electron chi connectivity index (χ2n) is 6.70. The predicted molar refractivity (Wildman–Crippen MR) is 96.1 cm³/mol. The van der Waals surface area contributed by atoms with Crippen LogP contribution in [0.2, 0.25) is 0 Å². The average molecular weight is 391 g/mol. The van der Waals surface area contributed by atoms with Crippen molar-refractivity contribution >= 4 is 29.5 Å². The Bertz CT molecular complexity index is 752. The molecule has 2 heterocycles. The molecule has 0 aromatic carbocycles. The zero-order valence-electron chi connectivity index (χ0n) is 15.0. The number of nitrogens with zero attached hydrogens (tertiary/aromatic N) is 2. The number of ether oxygens (including phenoxy) is 1. The maximum atomic E-state index is 12.5. The second kappa shape index (κ2) is 8.05. The van der Waals surface area contributed by atoms with Crippen molar-refractivity contribution in [3.8, 4) is 6.07 Å². The number of rotatable bonds is 5. The summed E-state index contributed by atoms with van der Waals surface area (Å²) in [6, 6.07) is 4.84. The van der Waals surface area contributed by atoms with Crippen LogP contribution < -0.4 is 5.32 Å². The van der Waals surface area contributed by atoms with Gasteiger partial charge in [0.2, 0.25) is 5.91 Å². The third kappa shape index (κ3) is 4.11. The number of amides is 2. The number of hydrogen-bond acceptors (Lipinski definition) is 7. The highest BCUT2D eigenvalue weighted by atomic mass is 32.2. The van der Waals surface area contributed by atoms with E-state index in [2.05, 4.69) is 11.4 Å². The lowest BCUT2D eigenvalue weighted by Gasteiger charge is -2.26. The van der Waals surface area contributed by atoms with E-state index in [0.29, 0.717) is 24.4 Å². The van der Waals surface area contributed by atoms with Crippen LogP contribution in [0.15, 0.2) is 22.8 Å². The average Bonchev–Trinajstić information content (AvgIpc) is 3.38. The van der Waals surface area contributed by atoms with Crippen molar-refractivity contribution in [3.63, 3.8) is 0 Å². The molecule has 3 rings (SSSR count). The molecule has 0 radical (unpaired) electrons. The van der Waals surface area contributed by atoms with Gasteiger partial charge in [-0.1, -0.05) is 0 Å². The number of nitrogens with one attached hydrogen (secondary N) is 1. The van der Waals surface area contributed by atoms with Crippen LogP contribution in [0.3, 0.4) is 0 Å². The van der Waals surface area contributed by atoms with Gasteiger partial charge in [0.1, 0.15) is 22.7 Å². The lowest BCUT2D eigenvalue weighted by molar-refractivity contribution is -0.156. The Hall–Kier alpha value is -2.47. The molecule has 0 spiro atoms. The van der Waals surface area contributed by atoms with Crippen LogP contribution in [0, 0.1) is 11.3 Å². The van der Waals surface area contributed by atoms with Crippen molar-refractivity contribution in [3.05, 3.63) is 24.2 Å². The van der Waals surface area contributed by atoms with Crippen molar-refractivity contribution in [2.24, 2.45) is 0 Å². The summed E-state index contributed by atoms with van der Waals surface area (Å²) in [5.41, 5.74) is -0.859. The largest absolute Gasteiger partial charge is 0.466 e. The molecule has 8 nitrogen and oxygen atoms in total.